The van der Waals surface area contributed by atoms with E-state index in [0.717, 1.165) is 6.07 Å². The number of carbonyl (C=O) groups excluding carboxylic acids is 1. The first-order valence-electron chi connectivity index (χ1n) is 4.74. The van der Waals surface area contributed by atoms with E-state index in [-0.39, 0.29) is 0 Å². The van der Waals surface area contributed by atoms with Crippen LogP contribution in [0.15, 0.2) is 12.1 Å². The van der Waals surface area contributed by atoms with Gasteiger partial charge in [0.15, 0.2) is 17.5 Å². The van der Waals surface area contributed by atoms with E-state index in [9.17, 15) is 22.8 Å². The zero-order chi connectivity index (χ0) is 13.9. The summed E-state index contributed by atoms with van der Waals surface area (Å²) in [6.07, 6.45) is -0.670. The summed E-state index contributed by atoms with van der Waals surface area (Å²) in [5.74, 6) is -7.04. The van der Waals surface area contributed by atoms with Crippen molar-refractivity contribution in [3.63, 3.8) is 0 Å². The van der Waals surface area contributed by atoms with E-state index in [1.54, 1.807) is 0 Å². The maximum atomic E-state index is 13.2. The summed E-state index contributed by atoms with van der Waals surface area (Å²) < 4.78 is 38.6. The van der Waals surface area contributed by atoms with E-state index < -0.39 is 47.5 Å². The zero-order valence-electron chi connectivity index (χ0n) is 8.91. The quantitative estimate of drug-likeness (QED) is 0.701. The Kier molecular flexibility index (Phi) is 4.27. The van der Waals surface area contributed by atoms with Crippen molar-refractivity contribution in [2.75, 3.05) is 5.32 Å². The number of hydrogen-bond donors (Lipinski definition) is 3. The number of nitrogens with two attached hydrogens (primary N) is 1. The lowest BCUT2D eigenvalue weighted by molar-refractivity contribution is -0.138. The first-order chi connectivity index (χ1) is 8.32. The first kappa shape index (κ1) is 14.0. The van der Waals surface area contributed by atoms with Crippen LogP contribution in [0.1, 0.15) is 6.42 Å². The van der Waals surface area contributed by atoms with Gasteiger partial charge in [-0.3, -0.25) is 9.59 Å². The van der Waals surface area contributed by atoms with Gasteiger partial charge in [0.1, 0.15) is 0 Å². The summed E-state index contributed by atoms with van der Waals surface area (Å²) >= 11 is 0. The highest BCUT2D eigenvalue weighted by atomic mass is 19.2. The maximum absolute atomic E-state index is 13.2. The van der Waals surface area contributed by atoms with Crippen LogP contribution in [0.3, 0.4) is 0 Å². The number of carboxylic acids is 1. The Bertz CT molecular complexity index is 494. The minimum Gasteiger partial charge on any atom is -0.481 e. The number of halogens is 3. The molecule has 0 heterocycles. The smallest absolute Gasteiger partial charge is 0.305 e. The predicted molar refractivity (Wildman–Crippen MR) is 55.2 cm³/mol. The van der Waals surface area contributed by atoms with E-state index in [1.807, 2.05) is 5.32 Å². The fraction of sp³-hybridized carbons (Fsp3) is 0.200. The summed E-state index contributed by atoms with van der Waals surface area (Å²) in [6, 6.07) is 0.00519. The fourth-order valence-corrected chi connectivity index (χ4v) is 1.13. The third-order valence-electron chi connectivity index (χ3n) is 2.02. The standard InChI is InChI=1S/C10H9F3N2O3/c11-4-1-2-6(9(13)8(4)12)15-10(18)5(14)3-7(16)17/h1-2,5H,3,14H2,(H,15,18)(H,16,17). The van der Waals surface area contributed by atoms with E-state index in [4.69, 9.17) is 10.8 Å². The molecule has 1 aromatic carbocycles. The van der Waals surface area contributed by atoms with Crippen LogP contribution in [0, 0.1) is 17.5 Å². The molecule has 0 bridgehead atoms. The molecule has 1 rings (SSSR count). The minimum atomic E-state index is -1.74. The molecule has 0 spiro atoms. The molecular weight excluding hydrogens is 253 g/mol. The summed E-state index contributed by atoms with van der Waals surface area (Å²) in [7, 11) is 0. The molecule has 0 fully saturated rings. The Labute approximate surface area is 99.4 Å². The molecule has 0 aromatic heterocycles. The lowest BCUT2D eigenvalue weighted by Crippen LogP contribution is -2.37. The van der Waals surface area contributed by atoms with Crippen LogP contribution in [0.25, 0.3) is 0 Å². The second kappa shape index (κ2) is 5.50. The van der Waals surface area contributed by atoms with Crippen molar-refractivity contribution in [3.8, 4) is 0 Å². The van der Waals surface area contributed by atoms with E-state index in [1.165, 1.54) is 0 Å². The summed E-state index contributed by atoms with van der Waals surface area (Å²) in [5, 5.41) is 10.3. The molecule has 0 aliphatic rings. The van der Waals surface area contributed by atoms with Crippen molar-refractivity contribution in [1.29, 1.82) is 0 Å². The fourth-order valence-electron chi connectivity index (χ4n) is 1.13. The molecule has 0 aliphatic carbocycles. The number of amides is 1. The van der Waals surface area contributed by atoms with Crippen molar-refractivity contribution in [2.24, 2.45) is 5.73 Å². The number of aliphatic carboxylic acids is 1. The molecule has 18 heavy (non-hydrogen) atoms. The van der Waals surface area contributed by atoms with E-state index >= 15 is 0 Å². The highest BCUT2D eigenvalue weighted by Gasteiger charge is 2.20. The van der Waals surface area contributed by atoms with Gasteiger partial charge in [-0.15, -0.1) is 0 Å². The highest BCUT2D eigenvalue weighted by Crippen LogP contribution is 2.19. The number of nitrogens with one attached hydrogen (secondary N) is 1. The maximum Gasteiger partial charge on any atom is 0.305 e. The molecule has 1 unspecified atom stereocenters. The van der Waals surface area contributed by atoms with Gasteiger partial charge in [-0.2, -0.15) is 0 Å². The third-order valence-corrected chi connectivity index (χ3v) is 2.02. The Hall–Kier alpha value is -2.09. The summed E-state index contributed by atoms with van der Waals surface area (Å²) in [5.41, 5.74) is 4.59. The Morgan fingerprint density at radius 3 is 2.44 bits per heavy atom. The predicted octanol–water partition coefficient (Wildman–Crippen LogP) is 0.844. The van der Waals surface area contributed by atoms with Crippen LogP contribution in [0.2, 0.25) is 0 Å². The lowest BCUT2D eigenvalue weighted by atomic mass is 10.2. The van der Waals surface area contributed by atoms with Gasteiger partial charge in [-0.25, -0.2) is 13.2 Å². The summed E-state index contributed by atoms with van der Waals surface area (Å²) in [4.78, 5) is 21.6. The topological polar surface area (TPSA) is 92.4 Å². The van der Waals surface area contributed by atoms with Crippen LogP contribution in [0.5, 0.6) is 0 Å². The molecule has 0 saturated heterocycles. The van der Waals surface area contributed by atoms with E-state index in [0.29, 0.717) is 6.07 Å². The monoisotopic (exact) mass is 262 g/mol. The van der Waals surface area contributed by atoms with Gasteiger partial charge in [0.2, 0.25) is 5.91 Å². The minimum absolute atomic E-state index is 0.611. The Balaban J connectivity index is 2.82. The van der Waals surface area contributed by atoms with Crippen molar-refractivity contribution in [3.05, 3.63) is 29.6 Å². The van der Waals surface area contributed by atoms with Gasteiger partial charge in [0, 0.05) is 0 Å². The number of benzene rings is 1. The normalized spacial score (nSPS) is 12.0. The molecule has 5 nitrogen and oxygen atoms in total. The molecule has 8 heteroatoms. The third kappa shape index (κ3) is 3.20. The van der Waals surface area contributed by atoms with Crippen LogP contribution in [-0.2, 0) is 9.59 Å². The van der Waals surface area contributed by atoms with Gasteiger partial charge in [-0.1, -0.05) is 0 Å². The number of hydrogen-bond acceptors (Lipinski definition) is 3. The average Bonchev–Trinajstić information content (AvgIpc) is 2.29. The van der Waals surface area contributed by atoms with Gasteiger partial charge in [0.05, 0.1) is 18.2 Å². The molecular formula is C10H9F3N2O3. The van der Waals surface area contributed by atoms with Crippen LogP contribution >= 0.6 is 0 Å². The molecule has 98 valence electrons. The molecule has 4 N–H and O–H groups in total. The number of carboxylic acid groups (broad SMARTS) is 1. The van der Waals surface area contributed by atoms with Crippen molar-refractivity contribution in [2.45, 2.75) is 12.5 Å². The van der Waals surface area contributed by atoms with Crippen molar-refractivity contribution >= 4 is 17.6 Å². The van der Waals surface area contributed by atoms with Crippen molar-refractivity contribution < 1.29 is 27.9 Å². The van der Waals surface area contributed by atoms with Gasteiger partial charge >= 0.3 is 5.97 Å². The molecule has 0 saturated carbocycles. The largest absolute Gasteiger partial charge is 0.481 e. The molecule has 0 radical (unpaired) electrons. The number of rotatable bonds is 4. The van der Waals surface area contributed by atoms with E-state index in [2.05, 4.69) is 0 Å². The second-order valence-corrected chi connectivity index (χ2v) is 3.42. The van der Waals surface area contributed by atoms with Crippen LogP contribution in [-0.4, -0.2) is 23.0 Å². The lowest BCUT2D eigenvalue weighted by Gasteiger charge is -2.11. The molecule has 0 aliphatic heterocycles. The molecule has 1 atom stereocenters. The zero-order valence-corrected chi connectivity index (χ0v) is 8.91. The van der Waals surface area contributed by atoms with Crippen LogP contribution < -0.4 is 11.1 Å². The Morgan fingerprint density at radius 2 is 1.89 bits per heavy atom. The molecule has 1 aromatic rings. The Morgan fingerprint density at radius 1 is 1.28 bits per heavy atom. The van der Waals surface area contributed by atoms with Gasteiger partial charge < -0.3 is 16.2 Å². The SMILES string of the molecule is NC(CC(=O)O)C(=O)Nc1ccc(F)c(F)c1F. The molecule has 1 amide bonds. The first-order valence-corrected chi connectivity index (χ1v) is 4.74. The van der Waals surface area contributed by atoms with Gasteiger partial charge in [-0.05, 0) is 12.1 Å². The van der Waals surface area contributed by atoms with Gasteiger partial charge in [0.25, 0.3) is 0 Å². The average molecular weight is 262 g/mol. The number of anilines is 1. The van der Waals surface area contributed by atoms with Crippen LogP contribution in [0.4, 0.5) is 18.9 Å². The van der Waals surface area contributed by atoms with Crippen molar-refractivity contribution in [1.82, 2.24) is 0 Å². The highest BCUT2D eigenvalue weighted by molar-refractivity contribution is 5.96. The second-order valence-electron chi connectivity index (χ2n) is 3.42. The summed E-state index contributed by atoms with van der Waals surface area (Å²) in [6.45, 7) is 0. The number of carbonyl (C=O) groups is 2.